The SMILES string of the molecule is CCCCCCCOC(=O)C(Cc1ccccc1)NC(=O)OCC(C)(C)C. The average molecular weight is 378 g/mol. The van der Waals surface area contributed by atoms with E-state index in [1.165, 1.54) is 12.8 Å². The molecule has 0 aliphatic heterocycles. The van der Waals surface area contributed by atoms with E-state index >= 15 is 0 Å². The molecule has 0 aliphatic rings. The summed E-state index contributed by atoms with van der Waals surface area (Å²) < 4.78 is 10.6. The molecule has 0 heterocycles. The summed E-state index contributed by atoms with van der Waals surface area (Å²) in [5, 5.41) is 2.66. The minimum absolute atomic E-state index is 0.134. The summed E-state index contributed by atoms with van der Waals surface area (Å²) in [6, 6.07) is 8.82. The number of ether oxygens (including phenoxy) is 2. The minimum Gasteiger partial charge on any atom is -0.464 e. The third kappa shape index (κ3) is 11.3. The van der Waals surface area contributed by atoms with Gasteiger partial charge in [-0.1, -0.05) is 83.7 Å². The first-order chi connectivity index (χ1) is 12.8. The minimum atomic E-state index is -0.754. The van der Waals surface area contributed by atoms with Crippen LogP contribution in [0.5, 0.6) is 0 Å². The van der Waals surface area contributed by atoms with Crippen LogP contribution in [0.15, 0.2) is 30.3 Å². The van der Waals surface area contributed by atoms with Crippen molar-refractivity contribution in [1.29, 1.82) is 0 Å². The number of nitrogens with one attached hydrogen (secondary N) is 1. The fraction of sp³-hybridized carbons (Fsp3) is 0.636. The molecule has 1 aromatic rings. The monoisotopic (exact) mass is 377 g/mol. The second-order valence-electron chi connectivity index (χ2n) is 8.11. The van der Waals surface area contributed by atoms with Crippen LogP contribution in [0.3, 0.4) is 0 Å². The van der Waals surface area contributed by atoms with Crippen LogP contribution in [0, 0.1) is 5.41 Å². The van der Waals surface area contributed by atoms with E-state index in [1.807, 2.05) is 51.1 Å². The number of unbranched alkanes of at least 4 members (excludes halogenated alkanes) is 4. The Morgan fingerprint density at radius 2 is 1.67 bits per heavy atom. The van der Waals surface area contributed by atoms with Crippen molar-refractivity contribution in [2.75, 3.05) is 13.2 Å². The lowest BCUT2D eigenvalue weighted by molar-refractivity contribution is -0.146. The van der Waals surface area contributed by atoms with Crippen LogP contribution in [0.2, 0.25) is 0 Å². The first-order valence-corrected chi connectivity index (χ1v) is 9.95. The van der Waals surface area contributed by atoms with E-state index in [0.29, 0.717) is 13.0 Å². The van der Waals surface area contributed by atoms with Crippen LogP contribution in [0.1, 0.15) is 65.4 Å². The summed E-state index contributed by atoms with van der Waals surface area (Å²) in [6.45, 7) is 8.77. The Morgan fingerprint density at radius 3 is 2.30 bits per heavy atom. The highest BCUT2D eigenvalue weighted by molar-refractivity contribution is 5.81. The number of carbonyl (C=O) groups is 2. The van der Waals surface area contributed by atoms with Gasteiger partial charge in [0, 0.05) is 6.42 Å². The third-order valence-electron chi connectivity index (χ3n) is 3.99. The summed E-state index contributed by atoms with van der Waals surface area (Å²) in [5.74, 6) is -0.415. The van der Waals surface area contributed by atoms with Crippen molar-refractivity contribution in [3.63, 3.8) is 0 Å². The van der Waals surface area contributed by atoms with E-state index in [-0.39, 0.29) is 12.0 Å². The molecule has 1 N–H and O–H groups in total. The quantitative estimate of drug-likeness (QED) is 0.441. The van der Waals surface area contributed by atoms with Crippen LogP contribution in [-0.4, -0.2) is 31.3 Å². The number of esters is 1. The average Bonchev–Trinajstić information content (AvgIpc) is 2.62. The molecule has 0 aromatic heterocycles. The summed E-state index contributed by atoms with van der Waals surface area (Å²) >= 11 is 0. The van der Waals surface area contributed by atoms with E-state index in [2.05, 4.69) is 12.2 Å². The van der Waals surface area contributed by atoms with Crippen LogP contribution in [0.4, 0.5) is 4.79 Å². The van der Waals surface area contributed by atoms with Gasteiger partial charge in [0.25, 0.3) is 0 Å². The second kappa shape index (κ2) is 12.4. The Morgan fingerprint density at radius 1 is 1.00 bits per heavy atom. The van der Waals surface area contributed by atoms with E-state index in [9.17, 15) is 9.59 Å². The van der Waals surface area contributed by atoms with Gasteiger partial charge in [-0.3, -0.25) is 0 Å². The maximum Gasteiger partial charge on any atom is 0.407 e. The highest BCUT2D eigenvalue weighted by Gasteiger charge is 2.24. The Hall–Kier alpha value is -2.04. The van der Waals surface area contributed by atoms with Gasteiger partial charge in [0.15, 0.2) is 0 Å². The summed E-state index contributed by atoms with van der Waals surface area (Å²) in [4.78, 5) is 24.6. The molecule has 27 heavy (non-hydrogen) atoms. The zero-order valence-electron chi connectivity index (χ0n) is 17.3. The highest BCUT2D eigenvalue weighted by Crippen LogP contribution is 2.13. The topological polar surface area (TPSA) is 64.6 Å². The zero-order valence-corrected chi connectivity index (χ0v) is 17.3. The molecule has 0 radical (unpaired) electrons. The molecule has 0 fully saturated rings. The van der Waals surface area contributed by atoms with Gasteiger partial charge >= 0.3 is 12.1 Å². The molecular formula is C22H35NO4. The van der Waals surface area contributed by atoms with Crippen molar-refractivity contribution in [2.24, 2.45) is 5.41 Å². The number of carbonyl (C=O) groups excluding carboxylic acids is 2. The zero-order chi connectivity index (χ0) is 20.1. The largest absolute Gasteiger partial charge is 0.464 e. The predicted molar refractivity (Wildman–Crippen MR) is 108 cm³/mol. The molecule has 0 bridgehead atoms. The van der Waals surface area contributed by atoms with Crippen molar-refractivity contribution in [1.82, 2.24) is 5.32 Å². The van der Waals surface area contributed by atoms with Crippen molar-refractivity contribution in [3.05, 3.63) is 35.9 Å². The smallest absolute Gasteiger partial charge is 0.407 e. The van der Waals surface area contributed by atoms with E-state index in [4.69, 9.17) is 9.47 Å². The molecule has 0 saturated heterocycles. The summed E-state index contributed by atoms with van der Waals surface area (Å²) in [5.41, 5.74) is 0.823. The van der Waals surface area contributed by atoms with Gasteiger partial charge in [0.2, 0.25) is 0 Å². The maximum atomic E-state index is 12.5. The molecule has 5 heteroatoms. The molecule has 1 unspecified atom stereocenters. The van der Waals surface area contributed by atoms with Gasteiger partial charge in [-0.15, -0.1) is 0 Å². The van der Waals surface area contributed by atoms with Crippen LogP contribution in [0.25, 0.3) is 0 Å². The lowest BCUT2D eigenvalue weighted by Gasteiger charge is -2.21. The number of benzene rings is 1. The van der Waals surface area contributed by atoms with Crippen molar-refractivity contribution in [3.8, 4) is 0 Å². The van der Waals surface area contributed by atoms with Gasteiger partial charge < -0.3 is 14.8 Å². The number of amides is 1. The molecule has 5 nitrogen and oxygen atoms in total. The molecule has 0 saturated carbocycles. The van der Waals surface area contributed by atoms with E-state index in [1.54, 1.807) is 0 Å². The molecule has 1 aromatic carbocycles. The lowest BCUT2D eigenvalue weighted by Crippen LogP contribution is -2.44. The van der Waals surface area contributed by atoms with Gasteiger partial charge in [-0.2, -0.15) is 0 Å². The Labute approximate surface area is 163 Å². The predicted octanol–water partition coefficient (Wildman–Crippen LogP) is 4.88. The van der Waals surface area contributed by atoms with Crippen molar-refractivity contribution < 1.29 is 19.1 Å². The molecule has 0 spiro atoms. The van der Waals surface area contributed by atoms with Gasteiger partial charge in [-0.25, -0.2) is 9.59 Å². The summed E-state index contributed by atoms with van der Waals surface area (Å²) in [7, 11) is 0. The Bertz CT molecular complexity index is 551. The molecule has 1 rings (SSSR count). The fourth-order valence-corrected chi connectivity index (χ4v) is 2.49. The molecule has 0 aliphatic carbocycles. The summed E-state index contributed by atoms with van der Waals surface area (Å²) in [6.07, 6.45) is 5.21. The number of rotatable bonds is 11. The maximum absolute atomic E-state index is 12.5. The standard InChI is InChI=1S/C22H35NO4/c1-5-6-7-8-12-15-26-20(24)19(16-18-13-10-9-11-14-18)23-21(25)27-17-22(2,3)4/h9-11,13-14,19H,5-8,12,15-17H2,1-4H3,(H,23,25). The van der Waals surface area contributed by atoms with Crippen molar-refractivity contribution >= 4 is 12.1 Å². The Kier molecular flexibility index (Phi) is 10.5. The molecule has 1 atom stereocenters. The van der Waals surface area contributed by atoms with E-state index < -0.39 is 18.1 Å². The Balaban J connectivity index is 2.56. The number of alkyl carbamates (subject to hydrolysis) is 1. The third-order valence-corrected chi connectivity index (χ3v) is 3.99. The number of hydrogen-bond acceptors (Lipinski definition) is 4. The molecule has 152 valence electrons. The first kappa shape index (κ1) is 23.0. The van der Waals surface area contributed by atoms with Crippen LogP contribution < -0.4 is 5.32 Å². The van der Waals surface area contributed by atoms with Crippen LogP contribution in [-0.2, 0) is 20.7 Å². The van der Waals surface area contributed by atoms with E-state index in [0.717, 1.165) is 24.8 Å². The number of hydrogen-bond donors (Lipinski definition) is 1. The van der Waals surface area contributed by atoms with Crippen molar-refractivity contribution in [2.45, 2.75) is 72.3 Å². The molecular weight excluding hydrogens is 342 g/mol. The highest BCUT2D eigenvalue weighted by atomic mass is 16.6. The van der Waals surface area contributed by atoms with Gasteiger partial charge in [0.1, 0.15) is 6.04 Å². The second-order valence-corrected chi connectivity index (χ2v) is 8.11. The van der Waals surface area contributed by atoms with Crippen LogP contribution >= 0.6 is 0 Å². The lowest BCUT2D eigenvalue weighted by atomic mass is 9.99. The van der Waals surface area contributed by atoms with Gasteiger partial charge in [0.05, 0.1) is 13.2 Å². The fourth-order valence-electron chi connectivity index (χ4n) is 2.49. The normalized spacial score (nSPS) is 12.3. The molecule has 1 amide bonds. The van der Waals surface area contributed by atoms with Gasteiger partial charge in [-0.05, 0) is 17.4 Å². The first-order valence-electron chi connectivity index (χ1n) is 9.95.